The van der Waals surface area contributed by atoms with Crippen molar-refractivity contribution < 1.29 is 4.79 Å². The van der Waals surface area contributed by atoms with Crippen molar-refractivity contribution in [1.82, 2.24) is 23.6 Å². The van der Waals surface area contributed by atoms with Crippen molar-refractivity contribution in [3.05, 3.63) is 56.7 Å². The molecule has 1 aliphatic heterocycles. The topological polar surface area (TPSA) is 85.4 Å². The van der Waals surface area contributed by atoms with E-state index in [2.05, 4.69) is 21.8 Å². The second-order valence-electron chi connectivity index (χ2n) is 7.46. The predicted octanol–water partition coefficient (Wildman–Crippen LogP) is 0.0684. The van der Waals surface area contributed by atoms with Gasteiger partial charge in [-0.2, -0.15) is 4.98 Å². The summed E-state index contributed by atoms with van der Waals surface area (Å²) in [5, 5.41) is 0. The van der Waals surface area contributed by atoms with E-state index in [9.17, 15) is 14.4 Å². The number of benzene rings is 1. The van der Waals surface area contributed by atoms with E-state index in [0.29, 0.717) is 17.2 Å². The summed E-state index contributed by atoms with van der Waals surface area (Å²) in [5.41, 5.74) is 0.254. The number of anilines is 1. The van der Waals surface area contributed by atoms with Gasteiger partial charge in [-0.15, -0.1) is 0 Å². The highest BCUT2D eigenvalue weighted by Crippen LogP contribution is 2.21. The molecule has 9 heteroatoms. The molecule has 0 atom stereocenters. The molecule has 0 saturated carbocycles. The molecule has 0 N–H and O–H groups in total. The van der Waals surface area contributed by atoms with Gasteiger partial charge in [-0.1, -0.05) is 30.3 Å². The van der Waals surface area contributed by atoms with Gasteiger partial charge in [0.1, 0.15) is 0 Å². The van der Waals surface area contributed by atoms with Crippen LogP contribution in [0.4, 0.5) is 5.95 Å². The fourth-order valence-electron chi connectivity index (χ4n) is 3.69. The standard InChI is InChI=1S/C20H24N6O3/c1-22-9-11-25(12-10-22)19-21-17-16(18(28)24(3)20(29)23(17)2)26(19)13-15(27)14-7-5-4-6-8-14/h4-8H,9-13H2,1-3H3. The number of imidazole rings is 1. The Balaban J connectivity index is 1.89. The van der Waals surface area contributed by atoms with Crippen LogP contribution in [0.25, 0.3) is 11.2 Å². The lowest BCUT2D eigenvalue weighted by molar-refractivity contribution is 0.0973. The smallest absolute Gasteiger partial charge is 0.332 e. The van der Waals surface area contributed by atoms with E-state index < -0.39 is 11.2 Å². The minimum absolute atomic E-state index is 0.0182. The highest BCUT2D eigenvalue weighted by Gasteiger charge is 2.26. The van der Waals surface area contributed by atoms with Crippen LogP contribution in [0.5, 0.6) is 0 Å². The van der Waals surface area contributed by atoms with Crippen LogP contribution in [0.2, 0.25) is 0 Å². The molecule has 3 heterocycles. The van der Waals surface area contributed by atoms with Gasteiger partial charge in [0.05, 0.1) is 6.54 Å². The number of hydrogen-bond acceptors (Lipinski definition) is 6. The highest BCUT2D eigenvalue weighted by molar-refractivity contribution is 5.96. The van der Waals surface area contributed by atoms with E-state index in [1.165, 1.54) is 11.6 Å². The van der Waals surface area contributed by atoms with Gasteiger partial charge in [-0.25, -0.2) is 4.79 Å². The average molecular weight is 396 g/mol. The maximum atomic E-state index is 12.9. The van der Waals surface area contributed by atoms with Gasteiger partial charge in [-0.3, -0.25) is 23.3 Å². The van der Waals surface area contributed by atoms with Crippen LogP contribution in [-0.4, -0.2) is 62.6 Å². The lowest BCUT2D eigenvalue weighted by atomic mass is 10.1. The molecule has 0 amide bonds. The maximum absolute atomic E-state index is 12.9. The van der Waals surface area contributed by atoms with Gasteiger partial charge in [0.2, 0.25) is 5.95 Å². The van der Waals surface area contributed by atoms with Crippen molar-refractivity contribution in [2.45, 2.75) is 6.54 Å². The third-order valence-corrected chi connectivity index (χ3v) is 5.51. The molecule has 0 radical (unpaired) electrons. The lowest BCUT2D eigenvalue weighted by Gasteiger charge is -2.33. The van der Waals surface area contributed by atoms with Crippen LogP contribution < -0.4 is 16.1 Å². The second-order valence-corrected chi connectivity index (χ2v) is 7.46. The molecule has 3 aromatic rings. The van der Waals surface area contributed by atoms with E-state index in [4.69, 9.17) is 0 Å². The number of aromatic nitrogens is 4. The number of hydrogen-bond donors (Lipinski definition) is 0. The SMILES string of the molecule is CN1CCN(c2nc3c(c(=O)n(C)c(=O)n3C)n2CC(=O)c2ccccc2)CC1. The average Bonchev–Trinajstić information content (AvgIpc) is 3.11. The molecule has 1 saturated heterocycles. The van der Waals surface area contributed by atoms with Crippen LogP contribution in [0.3, 0.4) is 0 Å². The van der Waals surface area contributed by atoms with Crippen LogP contribution in [0.1, 0.15) is 10.4 Å². The van der Waals surface area contributed by atoms with Gasteiger partial charge in [-0.05, 0) is 7.05 Å². The van der Waals surface area contributed by atoms with E-state index in [1.54, 1.807) is 23.7 Å². The van der Waals surface area contributed by atoms with Crippen molar-refractivity contribution in [3.8, 4) is 0 Å². The van der Waals surface area contributed by atoms with Crippen molar-refractivity contribution in [1.29, 1.82) is 0 Å². The lowest BCUT2D eigenvalue weighted by Crippen LogP contribution is -2.45. The number of Topliss-reactive ketones (excluding diaryl/α,β-unsaturated/α-hetero) is 1. The van der Waals surface area contributed by atoms with Gasteiger partial charge in [0.25, 0.3) is 5.56 Å². The number of rotatable bonds is 4. The first-order chi connectivity index (χ1) is 13.9. The van der Waals surface area contributed by atoms with Gasteiger partial charge >= 0.3 is 5.69 Å². The van der Waals surface area contributed by atoms with Gasteiger partial charge in [0.15, 0.2) is 16.9 Å². The summed E-state index contributed by atoms with van der Waals surface area (Å²) < 4.78 is 4.08. The predicted molar refractivity (Wildman–Crippen MR) is 111 cm³/mol. The fourth-order valence-corrected chi connectivity index (χ4v) is 3.69. The maximum Gasteiger partial charge on any atom is 0.332 e. The summed E-state index contributed by atoms with van der Waals surface area (Å²) in [6, 6.07) is 8.98. The number of nitrogens with zero attached hydrogens (tertiary/aromatic N) is 6. The monoisotopic (exact) mass is 396 g/mol. The Labute approximate surface area is 167 Å². The third kappa shape index (κ3) is 3.27. The molecule has 29 heavy (non-hydrogen) atoms. The molecule has 0 spiro atoms. The zero-order valence-electron chi connectivity index (χ0n) is 16.8. The Kier molecular flexibility index (Phi) is 4.83. The summed E-state index contributed by atoms with van der Waals surface area (Å²) in [7, 11) is 5.09. The molecule has 0 aliphatic carbocycles. The number of likely N-dealkylation sites (N-methyl/N-ethyl adjacent to an activating group) is 1. The van der Waals surface area contributed by atoms with Crippen LogP contribution in [0, 0.1) is 0 Å². The Bertz CT molecular complexity index is 1180. The highest BCUT2D eigenvalue weighted by atomic mass is 16.2. The molecule has 0 bridgehead atoms. The normalized spacial score (nSPS) is 15.2. The largest absolute Gasteiger partial charge is 0.340 e. The quantitative estimate of drug-likeness (QED) is 0.580. The summed E-state index contributed by atoms with van der Waals surface area (Å²) in [5.74, 6) is 0.437. The number of piperazine rings is 1. The molecule has 0 unspecified atom stereocenters. The number of fused-ring (bicyclic) bond motifs is 1. The first-order valence-corrected chi connectivity index (χ1v) is 9.56. The van der Waals surface area contributed by atoms with Crippen molar-refractivity contribution in [2.24, 2.45) is 14.1 Å². The Hall–Kier alpha value is -3.20. The van der Waals surface area contributed by atoms with Crippen molar-refractivity contribution in [2.75, 3.05) is 38.1 Å². The number of carbonyl (C=O) groups excluding carboxylic acids is 1. The second kappa shape index (κ2) is 7.32. The molecule has 152 valence electrons. The van der Waals surface area contributed by atoms with E-state index in [0.717, 1.165) is 30.7 Å². The first kappa shape index (κ1) is 19.1. The van der Waals surface area contributed by atoms with Gasteiger partial charge < -0.3 is 9.80 Å². The van der Waals surface area contributed by atoms with E-state index >= 15 is 0 Å². The van der Waals surface area contributed by atoms with Crippen LogP contribution in [0.15, 0.2) is 39.9 Å². The molecule has 9 nitrogen and oxygen atoms in total. The first-order valence-electron chi connectivity index (χ1n) is 9.56. The van der Waals surface area contributed by atoms with Crippen LogP contribution >= 0.6 is 0 Å². The Morgan fingerprint density at radius 1 is 0.966 bits per heavy atom. The number of aryl methyl sites for hydroxylation is 1. The van der Waals surface area contributed by atoms with Crippen molar-refractivity contribution >= 4 is 22.9 Å². The summed E-state index contributed by atoms with van der Waals surface area (Å²) in [6.07, 6.45) is 0. The van der Waals surface area contributed by atoms with Crippen molar-refractivity contribution in [3.63, 3.8) is 0 Å². The molecule has 2 aromatic heterocycles. The number of ketones is 1. The molecule has 4 rings (SSSR count). The molecule has 1 aromatic carbocycles. The molecular formula is C20H24N6O3. The summed E-state index contributed by atoms with van der Waals surface area (Å²) >= 11 is 0. The number of carbonyl (C=O) groups is 1. The van der Waals surface area contributed by atoms with Crippen LogP contribution in [-0.2, 0) is 20.6 Å². The van der Waals surface area contributed by atoms with Gasteiger partial charge in [0, 0.05) is 45.8 Å². The Morgan fingerprint density at radius 2 is 1.62 bits per heavy atom. The molecule has 1 fully saturated rings. The minimum Gasteiger partial charge on any atom is -0.340 e. The van der Waals surface area contributed by atoms with E-state index in [1.807, 2.05) is 18.2 Å². The zero-order valence-corrected chi connectivity index (χ0v) is 16.8. The minimum atomic E-state index is -0.447. The molecule has 1 aliphatic rings. The molecular weight excluding hydrogens is 372 g/mol. The summed E-state index contributed by atoms with van der Waals surface area (Å²) in [4.78, 5) is 47.2. The van der Waals surface area contributed by atoms with E-state index in [-0.39, 0.29) is 17.8 Å². The fraction of sp³-hybridized carbons (Fsp3) is 0.400. The Morgan fingerprint density at radius 3 is 2.28 bits per heavy atom. The summed E-state index contributed by atoms with van der Waals surface area (Å²) in [6.45, 7) is 3.15. The third-order valence-electron chi connectivity index (χ3n) is 5.51. The zero-order chi connectivity index (χ0) is 20.7.